The Morgan fingerprint density at radius 1 is 1.26 bits per heavy atom. The van der Waals surface area contributed by atoms with Crippen molar-refractivity contribution in [1.82, 2.24) is 5.32 Å². The fourth-order valence-electron chi connectivity index (χ4n) is 2.14. The second-order valence-corrected chi connectivity index (χ2v) is 5.88. The Morgan fingerprint density at radius 3 is 2.42 bits per heavy atom. The van der Waals surface area contributed by atoms with Gasteiger partial charge in [0.15, 0.2) is 0 Å². The summed E-state index contributed by atoms with van der Waals surface area (Å²) in [5.41, 5.74) is 1.09. The van der Waals surface area contributed by atoms with Gasteiger partial charge in [-0.15, -0.1) is 11.6 Å². The van der Waals surface area contributed by atoms with Crippen molar-refractivity contribution in [3.63, 3.8) is 0 Å². The van der Waals surface area contributed by atoms with Crippen LogP contribution < -0.4 is 5.32 Å². The Kier molecular flexibility index (Phi) is 6.93. The van der Waals surface area contributed by atoms with Crippen molar-refractivity contribution in [2.45, 2.75) is 44.9 Å². The summed E-state index contributed by atoms with van der Waals surface area (Å²) in [6.45, 7) is 6.83. The van der Waals surface area contributed by atoms with Gasteiger partial charge in [-0.25, -0.2) is 0 Å². The molecule has 3 atom stereocenters. The number of amides is 1. The first-order valence-electron chi connectivity index (χ1n) is 7.03. The van der Waals surface area contributed by atoms with Crippen LogP contribution in [0.3, 0.4) is 0 Å². The quantitative estimate of drug-likeness (QED) is 0.754. The van der Waals surface area contributed by atoms with Crippen LogP contribution in [-0.2, 0) is 4.79 Å². The number of nitrogens with one attached hydrogen (secondary N) is 1. The summed E-state index contributed by atoms with van der Waals surface area (Å²) in [6.07, 6.45) is 1.79. The summed E-state index contributed by atoms with van der Waals surface area (Å²) < 4.78 is 0. The maximum absolute atomic E-state index is 12.4. The van der Waals surface area contributed by atoms with Crippen LogP contribution in [0, 0.1) is 5.92 Å². The molecule has 2 nitrogen and oxygen atoms in total. The van der Waals surface area contributed by atoms with E-state index in [9.17, 15) is 4.79 Å². The molecule has 3 heteroatoms. The van der Waals surface area contributed by atoms with E-state index in [4.69, 9.17) is 11.6 Å². The van der Waals surface area contributed by atoms with E-state index >= 15 is 0 Å². The van der Waals surface area contributed by atoms with Gasteiger partial charge in [0.05, 0.1) is 5.92 Å². The number of rotatable bonds is 7. The SMILES string of the molecule is CCC(C)C(C(=O)NCCC(C)Cl)c1ccccc1. The first-order chi connectivity index (χ1) is 9.06. The summed E-state index contributed by atoms with van der Waals surface area (Å²) >= 11 is 5.90. The van der Waals surface area contributed by atoms with E-state index in [0.717, 1.165) is 18.4 Å². The number of halogens is 1. The standard InChI is InChI=1S/C16H24ClNO/c1-4-12(2)15(14-8-6-5-7-9-14)16(19)18-11-10-13(3)17/h5-9,12-13,15H,4,10-11H2,1-3H3,(H,18,19). The monoisotopic (exact) mass is 281 g/mol. The summed E-state index contributed by atoms with van der Waals surface area (Å²) in [6, 6.07) is 10.0. The van der Waals surface area contributed by atoms with Crippen molar-refractivity contribution in [2.75, 3.05) is 6.54 Å². The average molecular weight is 282 g/mol. The predicted octanol–water partition coefficient (Wildman–Crippen LogP) is 3.95. The molecule has 1 rings (SSSR count). The third kappa shape index (κ3) is 5.23. The van der Waals surface area contributed by atoms with Crippen LogP contribution in [0.2, 0.25) is 0 Å². The van der Waals surface area contributed by atoms with Crippen LogP contribution in [0.5, 0.6) is 0 Å². The minimum absolute atomic E-state index is 0.0724. The molecule has 0 aromatic heterocycles. The molecule has 1 N–H and O–H groups in total. The fourth-order valence-corrected chi connectivity index (χ4v) is 2.25. The van der Waals surface area contributed by atoms with E-state index in [-0.39, 0.29) is 17.2 Å². The Morgan fingerprint density at radius 2 is 1.89 bits per heavy atom. The van der Waals surface area contributed by atoms with Gasteiger partial charge in [-0.05, 0) is 24.8 Å². The first-order valence-corrected chi connectivity index (χ1v) is 7.46. The molecule has 1 amide bonds. The molecule has 3 unspecified atom stereocenters. The van der Waals surface area contributed by atoms with Crippen LogP contribution in [-0.4, -0.2) is 17.8 Å². The van der Waals surface area contributed by atoms with Gasteiger partial charge in [0, 0.05) is 11.9 Å². The topological polar surface area (TPSA) is 29.1 Å². The van der Waals surface area contributed by atoms with Crippen molar-refractivity contribution >= 4 is 17.5 Å². The molecule has 0 aliphatic rings. The second-order valence-electron chi connectivity index (χ2n) is 5.13. The predicted molar refractivity (Wildman–Crippen MR) is 81.6 cm³/mol. The van der Waals surface area contributed by atoms with E-state index in [1.807, 2.05) is 37.3 Å². The maximum atomic E-state index is 12.4. The molecule has 106 valence electrons. The van der Waals surface area contributed by atoms with Gasteiger partial charge >= 0.3 is 0 Å². The molecule has 1 aromatic rings. The molecule has 1 aromatic carbocycles. The number of carbonyl (C=O) groups excluding carboxylic acids is 1. The molecule has 0 fully saturated rings. The molecule has 0 saturated heterocycles. The van der Waals surface area contributed by atoms with Gasteiger partial charge in [0.1, 0.15) is 0 Å². The average Bonchev–Trinajstić information content (AvgIpc) is 2.39. The minimum Gasteiger partial charge on any atom is -0.356 e. The second kappa shape index (κ2) is 8.21. The van der Waals surface area contributed by atoms with E-state index in [1.54, 1.807) is 0 Å². The lowest BCUT2D eigenvalue weighted by Crippen LogP contribution is -2.33. The summed E-state index contributed by atoms with van der Waals surface area (Å²) in [5, 5.41) is 3.10. The molecular formula is C16H24ClNO. The van der Waals surface area contributed by atoms with Gasteiger partial charge in [-0.1, -0.05) is 50.6 Å². The largest absolute Gasteiger partial charge is 0.356 e. The zero-order valence-electron chi connectivity index (χ0n) is 12.0. The van der Waals surface area contributed by atoms with Crippen molar-refractivity contribution < 1.29 is 4.79 Å². The highest BCUT2D eigenvalue weighted by Gasteiger charge is 2.25. The molecule has 0 spiro atoms. The summed E-state index contributed by atoms with van der Waals surface area (Å²) in [7, 11) is 0. The highest BCUT2D eigenvalue weighted by atomic mass is 35.5. The van der Waals surface area contributed by atoms with Crippen molar-refractivity contribution in [3.05, 3.63) is 35.9 Å². The van der Waals surface area contributed by atoms with Gasteiger partial charge in [-0.2, -0.15) is 0 Å². The molecule has 0 bridgehead atoms. The van der Waals surface area contributed by atoms with E-state index in [0.29, 0.717) is 12.5 Å². The van der Waals surface area contributed by atoms with Gasteiger partial charge in [0.2, 0.25) is 5.91 Å². The molecule has 0 radical (unpaired) electrons. The highest BCUT2D eigenvalue weighted by molar-refractivity contribution is 6.20. The smallest absolute Gasteiger partial charge is 0.227 e. The van der Waals surface area contributed by atoms with E-state index in [1.165, 1.54) is 0 Å². The molecule has 0 heterocycles. The molecule has 0 saturated carbocycles. The number of hydrogen-bond donors (Lipinski definition) is 1. The van der Waals surface area contributed by atoms with Crippen LogP contribution in [0.4, 0.5) is 0 Å². The van der Waals surface area contributed by atoms with Gasteiger partial charge in [-0.3, -0.25) is 4.79 Å². The normalized spacial score (nSPS) is 15.6. The molecule has 0 aliphatic heterocycles. The van der Waals surface area contributed by atoms with Crippen LogP contribution >= 0.6 is 11.6 Å². The third-order valence-corrected chi connectivity index (χ3v) is 3.71. The number of hydrogen-bond acceptors (Lipinski definition) is 1. The van der Waals surface area contributed by atoms with Crippen molar-refractivity contribution in [1.29, 1.82) is 0 Å². The Balaban J connectivity index is 2.72. The molecular weight excluding hydrogens is 258 g/mol. The molecule has 0 aliphatic carbocycles. The van der Waals surface area contributed by atoms with Crippen LogP contribution in [0.25, 0.3) is 0 Å². The van der Waals surface area contributed by atoms with Gasteiger partial charge in [0.25, 0.3) is 0 Å². The number of carbonyl (C=O) groups is 1. The maximum Gasteiger partial charge on any atom is 0.227 e. The highest BCUT2D eigenvalue weighted by Crippen LogP contribution is 2.27. The molecule has 19 heavy (non-hydrogen) atoms. The van der Waals surface area contributed by atoms with Crippen molar-refractivity contribution in [3.8, 4) is 0 Å². The fraction of sp³-hybridized carbons (Fsp3) is 0.562. The third-order valence-electron chi connectivity index (χ3n) is 3.50. The Labute approximate surface area is 121 Å². The lowest BCUT2D eigenvalue weighted by atomic mass is 9.85. The van der Waals surface area contributed by atoms with Crippen molar-refractivity contribution in [2.24, 2.45) is 5.92 Å². The van der Waals surface area contributed by atoms with E-state index < -0.39 is 0 Å². The van der Waals surface area contributed by atoms with E-state index in [2.05, 4.69) is 19.2 Å². The van der Waals surface area contributed by atoms with Gasteiger partial charge < -0.3 is 5.32 Å². The summed E-state index contributed by atoms with van der Waals surface area (Å²) in [4.78, 5) is 12.4. The summed E-state index contributed by atoms with van der Waals surface area (Å²) in [5.74, 6) is 0.366. The number of alkyl halides is 1. The Hall–Kier alpha value is -1.02. The minimum atomic E-state index is -0.0724. The van der Waals surface area contributed by atoms with Crippen LogP contribution in [0.1, 0.15) is 45.1 Å². The lowest BCUT2D eigenvalue weighted by molar-refractivity contribution is -0.123. The zero-order valence-corrected chi connectivity index (χ0v) is 12.8. The lowest BCUT2D eigenvalue weighted by Gasteiger charge is -2.23. The number of benzene rings is 1. The zero-order chi connectivity index (χ0) is 14.3. The Bertz CT molecular complexity index is 378. The van der Waals surface area contributed by atoms with Crippen LogP contribution in [0.15, 0.2) is 30.3 Å². The first kappa shape index (κ1) is 16.0.